The number of anilines is 1. The first kappa shape index (κ1) is 18.0. The van der Waals surface area contributed by atoms with Gasteiger partial charge >= 0.3 is 10.1 Å². The van der Waals surface area contributed by atoms with E-state index in [2.05, 4.69) is 5.32 Å². The molecule has 1 amide bonds. The lowest BCUT2D eigenvalue weighted by Crippen LogP contribution is -2.12. The molecule has 0 bridgehead atoms. The van der Waals surface area contributed by atoms with E-state index in [0.29, 0.717) is 5.69 Å². The predicted octanol–water partition coefficient (Wildman–Crippen LogP) is 4.26. The largest absolute Gasteiger partial charge is 0.459 e. The van der Waals surface area contributed by atoms with Crippen LogP contribution in [-0.4, -0.2) is 14.3 Å². The van der Waals surface area contributed by atoms with Crippen LogP contribution in [0.5, 0.6) is 5.75 Å². The maximum Gasteiger partial charge on any atom is 0.340 e. The van der Waals surface area contributed by atoms with Crippen LogP contribution in [0.4, 0.5) is 5.69 Å². The van der Waals surface area contributed by atoms with Crippen LogP contribution in [0.15, 0.2) is 70.2 Å². The summed E-state index contributed by atoms with van der Waals surface area (Å²) in [5.74, 6) is -0.151. The van der Waals surface area contributed by atoms with Crippen molar-refractivity contribution in [1.82, 2.24) is 0 Å². The molecular weight excluding hydrogens is 378 g/mol. The van der Waals surface area contributed by atoms with Gasteiger partial charge in [0.1, 0.15) is 10.6 Å². The van der Waals surface area contributed by atoms with Crippen molar-refractivity contribution < 1.29 is 21.8 Å². The first-order chi connectivity index (χ1) is 12.3. The highest BCUT2D eigenvalue weighted by Gasteiger charge is 2.20. The summed E-state index contributed by atoms with van der Waals surface area (Å²) < 4.78 is 34.8. The molecule has 0 aliphatic carbocycles. The molecule has 1 heterocycles. The van der Waals surface area contributed by atoms with Crippen molar-refractivity contribution in [2.75, 3.05) is 5.32 Å². The van der Waals surface area contributed by atoms with Crippen molar-refractivity contribution in [2.45, 2.75) is 11.8 Å². The lowest BCUT2D eigenvalue weighted by Gasteiger charge is -2.10. The normalized spacial score (nSPS) is 11.2. The summed E-state index contributed by atoms with van der Waals surface area (Å²) in [7, 11) is -4.07. The van der Waals surface area contributed by atoms with Gasteiger partial charge in [-0.25, -0.2) is 0 Å². The van der Waals surface area contributed by atoms with E-state index in [1.165, 1.54) is 42.7 Å². The second-order valence-electron chi connectivity index (χ2n) is 5.43. The number of carbonyl (C=O) groups excluding carboxylic acids is 1. The third-order valence-corrected chi connectivity index (χ3v) is 5.15. The van der Waals surface area contributed by atoms with E-state index < -0.39 is 16.0 Å². The fourth-order valence-electron chi connectivity index (χ4n) is 2.17. The van der Waals surface area contributed by atoms with E-state index in [1.54, 1.807) is 25.1 Å². The highest BCUT2D eigenvalue weighted by Crippen LogP contribution is 2.26. The molecule has 1 aromatic heterocycles. The molecule has 0 spiro atoms. The molecule has 3 aromatic rings. The van der Waals surface area contributed by atoms with E-state index >= 15 is 0 Å². The molecule has 26 heavy (non-hydrogen) atoms. The van der Waals surface area contributed by atoms with Crippen LogP contribution in [-0.2, 0) is 10.1 Å². The van der Waals surface area contributed by atoms with Crippen LogP contribution in [0.2, 0.25) is 5.02 Å². The summed E-state index contributed by atoms with van der Waals surface area (Å²) in [6.07, 6.45) is 1.40. The lowest BCUT2D eigenvalue weighted by atomic mass is 10.2. The molecular formula is C18H14ClNO5S. The number of hydrogen-bond acceptors (Lipinski definition) is 5. The Morgan fingerprint density at radius 3 is 2.46 bits per heavy atom. The minimum absolute atomic E-state index is 0.0901. The van der Waals surface area contributed by atoms with Crippen molar-refractivity contribution in [3.63, 3.8) is 0 Å². The number of hydrogen-bond donors (Lipinski definition) is 1. The fraction of sp³-hybridized carbons (Fsp3) is 0.0556. The number of carbonyl (C=O) groups is 1. The summed E-state index contributed by atoms with van der Waals surface area (Å²) in [5, 5.41) is 2.71. The Kier molecular flexibility index (Phi) is 5.01. The molecule has 2 aromatic carbocycles. The number of amides is 1. The van der Waals surface area contributed by atoms with E-state index in [0.717, 1.165) is 5.56 Å². The van der Waals surface area contributed by atoms with Gasteiger partial charge in [-0.15, -0.1) is 0 Å². The van der Waals surface area contributed by atoms with Crippen LogP contribution in [0.25, 0.3) is 0 Å². The van der Waals surface area contributed by atoms with Crippen molar-refractivity contribution in [3.05, 3.63) is 77.2 Å². The Morgan fingerprint density at radius 1 is 1.12 bits per heavy atom. The first-order valence-corrected chi connectivity index (χ1v) is 9.29. The molecule has 0 saturated carbocycles. The third-order valence-electron chi connectivity index (χ3n) is 3.42. The fourth-order valence-corrected chi connectivity index (χ4v) is 3.68. The number of aryl methyl sites for hydroxylation is 1. The summed E-state index contributed by atoms with van der Waals surface area (Å²) >= 11 is 6.00. The third kappa shape index (κ3) is 4.07. The Morgan fingerprint density at radius 2 is 1.85 bits per heavy atom. The quantitative estimate of drug-likeness (QED) is 0.657. The maximum absolute atomic E-state index is 12.4. The number of halogens is 1. The predicted molar refractivity (Wildman–Crippen MR) is 97.1 cm³/mol. The molecule has 6 nitrogen and oxygen atoms in total. The molecule has 0 aliphatic heterocycles. The molecule has 1 N–H and O–H groups in total. The minimum Gasteiger partial charge on any atom is -0.459 e. The zero-order chi connectivity index (χ0) is 18.7. The molecule has 8 heteroatoms. The molecule has 0 radical (unpaired) electrons. The van der Waals surface area contributed by atoms with Crippen LogP contribution in [0.1, 0.15) is 16.1 Å². The van der Waals surface area contributed by atoms with Crippen molar-refractivity contribution in [1.29, 1.82) is 0 Å². The molecule has 3 rings (SSSR count). The first-order valence-electron chi connectivity index (χ1n) is 7.51. The van der Waals surface area contributed by atoms with Gasteiger partial charge in [0.15, 0.2) is 5.76 Å². The average molecular weight is 392 g/mol. The number of benzene rings is 2. The maximum atomic E-state index is 12.4. The zero-order valence-electron chi connectivity index (χ0n) is 13.6. The Bertz CT molecular complexity index is 1030. The highest BCUT2D eigenvalue weighted by molar-refractivity contribution is 7.87. The second kappa shape index (κ2) is 7.23. The van der Waals surface area contributed by atoms with Crippen molar-refractivity contribution in [2.24, 2.45) is 0 Å². The summed E-state index contributed by atoms with van der Waals surface area (Å²) in [6, 6.07) is 13.6. The van der Waals surface area contributed by atoms with Crippen LogP contribution in [0.3, 0.4) is 0 Å². The Hall–Kier alpha value is -2.77. The summed E-state index contributed by atoms with van der Waals surface area (Å²) in [4.78, 5) is 11.8. The van der Waals surface area contributed by atoms with E-state index in [-0.39, 0.29) is 21.4 Å². The molecule has 0 fully saturated rings. The zero-order valence-corrected chi connectivity index (χ0v) is 15.2. The molecule has 0 saturated heterocycles. The van der Waals surface area contributed by atoms with Gasteiger partial charge < -0.3 is 13.9 Å². The lowest BCUT2D eigenvalue weighted by molar-refractivity contribution is 0.0996. The number of nitrogens with one attached hydrogen (secondary N) is 1. The number of furan rings is 1. The van der Waals surface area contributed by atoms with Gasteiger partial charge in [0.05, 0.1) is 11.3 Å². The standard InChI is InChI=1S/C18H14ClNO5S/c1-12-4-9-17(15(19)11-12)26(22,23)25-14-7-5-13(6-8-14)20-18(21)16-3-2-10-24-16/h2-11H,1H3,(H,20,21). The van der Waals surface area contributed by atoms with E-state index in [9.17, 15) is 13.2 Å². The molecule has 134 valence electrons. The minimum atomic E-state index is -4.07. The van der Waals surface area contributed by atoms with Crippen LogP contribution < -0.4 is 9.50 Å². The van der Waals surface area contributed by atoms with Gasteiger partial charge in [-0.05, 0) is 61.0 Å². The average Bonchev–Trinajstić information content (AvgIpc) is 3.10. The van der Waals surface area contributed by atoms with Gasteiger partial charge in [0, 0.05) is 5.69 Å². The van der Waals surface area contributed by atoms with E-state index in [4.69, 9.17) is 20.2 Å². The SMILES string of the molecule is Cc1ccc(S(=O)(=O)Oc2ccc(NC(=O)c3ccco3)cc2)c(Cl)c1. The Labute approximate surface area is 155 Å². The Balaban J connectivity index is 1.73. The summed E-state index contributed by atoms with van der Waals surface area (Å²) in [6.45, 7) is 1.80. The smallest absolute Gasteiger partial charge is 0.340 e. The molecule has 0 atom stereocenters. The van der Waals surface area contributed by atoms with Gasteiger partial charge in [0.25, 0.3) is 5.91 Å². The monoisotopic (exact) mass is 391 g/mol. The van der Waals surface area contributed by atoms with Gasteiger partial charge in [-0.1, -0.05) is 17.7 Å². The van der Waals surface area contributed by atoms with Gasteiger partial charge in [0.2, 0.25) is 0 Å². The van der Waals surface area contributed by atoms with Crippen molar-refractivity contribution >= 4 is 33.3 Å². The van der Waals surface area contributed by atoms with E-state index in [1.807, 2.05) is 0 Å². The number of rotatable bonds is 5. The molecule has 0 aliphatic rings. The summed E-state index contributed by atoms with van der Waals surface area (Å²) in [5.41, 5.74) is 1.30. The highest BCUT2D eigenvalue weighted by atomic mass is 35.5. The topological polar surface area (TPSA) is 85.6 Å². The van der Waals surface area contributed by atoms with Crippen LogP contribution in [0, 0.1) is 6.92 Å². The molecule has 0 unspecified atom stereocenters. The van der Waals surface area contributed by atoms with Crippen LogP contribution >= 0.6 is 11.6 Å². The second-order valence-corrected chi connectivity index (χ2v) is 7.35. The van der Waals surface area contributed by atoms with Crippen molar-refractivity contribution in [3.8, 4) is 5.75 Å². The van der Waals surface area contributed by atoms with Gasteiger partial charge in [-0.2, -0.15) is 8.42 Å². The van der Waals surface area contributed by atoms with Gasteiger partial charge in [-0.3, -0.25) is 4.79 Å².